The Morgan fingerprint density at radius 1 is 1.42 bits per heavy atom. The zero-order chi connectivity index (χ0) is 15.0. The smallest absolute Gasteiger partial charge is 0.244 e. The summed E-state index contributed by atoms with van der Waals surface area (Å²) in [4.78, 5) is 10.5. The number of anilines is 1. The second kappa shape index (κ2) is 5.06. The molecule has 0 aliphatic carbocycles. The van der Waals surface area contributed by atoms with Crippen LogP contribution in [0.4, 0.5) is 10.1 Å². The van der Waals surface area contributed by atoms with Gasteiger partial charge in [0.2, 0.25) is 15.9 Å². The molecule has 0 saturated carbocycles. The van der Waals surface area contributed by atoms with Crippen LogP contribution in [0.5, 0.6) is 0 Å². The van der Waals surface area contributed by atoms with Gasteiger partial charge in [0.1, 0.15) is 16.3 Å². The van der Waals surface area contributed by atoms with Gasteiger partial charge >= 0.3 is 0 Å². The summed E-state index contributed by atoms with van der Waals surface area (Å²) >= 11 is 2.98. The second-order valence-corrected chi connectivity index (χ2v) is 6.90. The summed E-state index contributed by atoms with van der Waals surface area (Å²) in [5.41, 5.74) is 9.07. The highest BCUT2D eigenvalue weighted by atomic mass is 79.9. The molecule has 1 rings (SSSR count). The van der Waals surface area contributed by atoms with Gasteiger partial charge in [0.25, 0.3) is 0 Å². The van der Waals surface area contributed by atoms with Crippen molar-refractivity contribution in [2.45, 2.75) is 24.3 Å². The number of benzene rings is 1. The van der Waals surface area contributed by atoms with Crippen molar-refractivity contribution in [3.63, 3.8) is 0 Å². The van der Waals surface area contributed by atoms with Crippen molar-refractivity contribution in [2.75, 3.05) is 5.73 Å². The standard InChI is InChI=1S/C10H13BrFN3O3S/c1-10(2,9(14)16)15-19(17,18)8-4-7(13)5(11)3-6(8)12/h3-4,15H,13H2,1-2H3,(H2,14,16). The molecule has 0 saturated heterocycles. The van der Waals surface area contributed by atoms with Gasteiger partial charge in [0, 0.05) is 10.2 Å². The van der Waals surface area contributed by atoms with Crippen LogP contribution in [-0.2, 0) is 14.8 Å². The minimum atomic E-state index is -4.26. The maximum atomic E-state index is 13.7. The number of halogens is 2. The number of nitrogen functional groups attached to an aromatic ring is 1. The number of amides is 1. The lowest BCUT2D eigenvalue weighted by Gasteiger charge is -2.22. The van der Waals surface area contributed by atoms with E-state index in [4.69, 9.17) is 11.5 Å². The van der Waals surface area contributed by atoms with E-state index in [-0.39, 0.29) is 10.2 Å². The molecular formula is C10H13BrFN3O3S. The summed E-state index contributed by atoms with van der Waals surface area (Å²) < 4.78 is 40.0. The molecule has 6 nitrogen and oxygen atoms in total. The van der Waals surface area contributed by atoms with Gasteiger partial charge in [-0.1, -0.05) is 0 Å². The predicted molar refractivity (Wildman–Crippen MR) is 72.1 cm³/mol. The maximum Gasteiger partial charge on any atom is 0.244 e. The quantitative estimate of drug-likeness (QED) is 0.691. The molecule has 1 aromatic rings. The van der Waals surface area contributed by atoms with Gasteiger partial charge in [0.15, 0.2) is 0 Å². The number of primary amides is 1. The predicted octanol–water partition coefficient (Wildman–Crippen LogP) is 0.713. The molecular weight excluding hydrogens is 341 g/mol. The SMILES string of the molecule is CC(C)(NS(=O)(=O)c1cc(N)c(Br)cc1F)C(N)=O. The van der Waals surface area contributed by atoms with Crippen LogP contribution >= 0.6 is 15.9 Å². The van der Waals surface area contributed by atoms with Gasteiger partial charge in [0.05, 0.1) is 0 Å². The van der Waals surface area contributed by atoms with Crippen LogP contribution in [0, 0.1) is 5.82 Å². The lowest BCUT2D eigenvalue weighted by atomic mass is 10.1. The Morgan fingerprint density at radius 2 is 1.95 bits per heavy atom. The van der Waals surface area contributed by atoms with Crippen LogP contribution in [0.15, 0.2) is 21.5 Å². The Labute approximate surface area is 118 Å². The van der Waals surface area contributed by atoms with Gasteiger partial charge in [-0.15, -0.1) is 0 Å². The van der Waals surface area contributed by atoms with E-state index in [2.05, 4.69) is 15.9 Å². The van der Waals surface area contributed by atoms with E-state index in [0.717, 1.165) is 12.1 Å². The largest absolute Gasteiger partial charge is 0.398 e. The third-order valence-electron chi connectivity index (χ3n) is 2.35. The Kier molecular flexibility index (Phi) is 4.23. The molecule has 5 N–H and O–H groups in total. The molecule has 0 atom stereocenters. The van der Waals surface area contributed by atoms with Gasteiger partial charge in [-0.25, -0.2) is 12.8 Å². The molecule has 19 heavy (non-hydrogen) atoms. The van der Waals surface area contributed by atoms with Gasteiger partial charge < -0.3 is 11.5 Å². The number of nitrogens with two attached hydrogens (primary N) is 2. The summed E-state index contributed by atoms with van der Waals surface area (Å²) in [6.45, 7) is 2.54. The van der Waals surface area contributed by atoms with Crippen molar-refractivity contribution < 1.29 is 17.6 Å². The summed E-state index contributed by atoms with van der Waals surface area (Å²) in [5, 5.41) is 0. The van der Waals surface area contributed by atoms with E-state index < -0.39 is 32.2 Å². The molecule has 106 valence electrons. The minimum Gasteiger partial charge on any atom is -0.398 e. The highest BCUT2D eigenvalue weighted by molar-refractivity contribution is 9.10. The van der Waals surface area contributed by atoms with Crippen LogP contribution in [0.2, 0.25) is 0 Å². The zero-order valence-corrected chi connectivity index (χ0v) is 12.6. The molecule has 0 aliphatic rings. The molecule has 0 radical (unpaired) electrons. The molecule has 0 unspecified atom stereocenters. The van der Waals surface area contributed by atoms with E-state index in [9.17, 15) is 17.6 Å². The number of hydrogen-bond donors (Lipinski definition) is 3. The lowest BCUT2D eigenvalue weighted by Crippen LogP contribution is -2.52. The Bertz CT molecular complexity index is 631. The van der Waals surface area contributed by atoms with Crippen molar-refractivity contribution in [1.29, 1.82) is 0 Å². The lowest BCUT2D eigenvalue weighted by molar-refractivity contribution is -0.122. The Morgan fingerprint density at radius 3 is 2.42 bits per heavy atom. The molecule has 0 spiro atoms. The first kappa shape index (κ1) is 15.9. The summed E-state index contributed by atoms with van der Waals surface area (Å²) in [6.07, 6.45) is 0. The number of rotatable bonds is 4. The number of nitrogens with one attached hydrogen (secondary N) is 1. The zero-order valence-electron chi connectivity index (χ0n) is 10.2. The normalized spacial score (nSPS) is 12.4. The molecule has 0 bridgehead atoms. The van der Waals surface area contributed by atoms with E-state index >= 15 is 0 Å². The van der Waals surface area contributed by atoms with Crippen molar-refractivity contribution in [3.05, 3.63) is 22.4 Å². The molecule has 0 heterocycles. The van der Waals surface area contributed by atoms with E-state index in [1.54, 1.807) is 0 Å². The third kappa shape index (κ3) is 3.43. The highest BCUT2D eigenvalue weighted by Gasteiger charge is 2.33. The molecule has 0 aliphatic heterocycles. The van der Waals surface area contributed by atoms with Crippen LogP contribution in [0.1, 0.15) is 13.8 Å². The van der Waals surface area contributed by atoms with Gasteiger partial charge in [-0.2, -0.15) is 4.72 Å². The Balaban J connectivity index is 3.30. The van der Waals surface area contributed by atoms with Crippen LogP contribution in [0.25, 0.3) is 0 Å². The first-order chi connectivity index (χ1) is 8.47. The van der Waals surface area contributed by atoms with Crippen molar-refractivity contribution >= 4 is 37.5 Å². The number of sulfonamides is 1. The van der Waals surface area contributed by atoms with Crippen LogP contribution in [-0.4, -0.2) is 19.9 Å². The van der Waals surface area contributed by atoms with Gasteiger partial charge in [-0.3, -0.25) is 4.79 Å². The first-order valence-electron chi connectivity index (χ1n) is 5.06. The molecule has 0 aromatic heterocycles. The Hall–Kier alpha value is -1.19. The molecule has 1 aromatic carbocycles. The van der Waals surface area contributed by atoms with Crippen molar-refractivity contribution in [3.8, 4) is 0 Å². The van der Waals surface area contributed by atoms with E-state index in [0.29, 0.717) is 0 Å². The topological polar surface area (TPSA) is 115 Å². The number of hydrogen-bond acceptors (Lipinski definition) is 4. The average Bonchev–Trinajstić information content (AvgIpc) is 2.21. The summed E-state index contributed by atoms with van der Waals surface area (Å²) in [6, 6.07) is 1.89. The first-order valence-corrected chi connectivity index (χ1v) is 7.33. The van der Waals surface area contributed by atoms with Crippen LogP contribution in [0.3, 0.4) is 0 Å². The highest BCUT2D eigenvalue weighted by Crippen LogP contribution is 2.26. The van der Waals surface area contributed by atoms with E-state index in [1.165, 1.54) is 13.8 Å². The molecule has 1 amide bonds. The summed E-state index contributed by atoms with van der Waals surface area (Å²) in [5.74, 6) is -1.88. The number of carbonyl (C=O) groups is 1. The molecule has 9 heteroatoms. The fourth-order valence-electron chi connectivity index (χ4n) is 1.19. The van der Waals surface area contributed by atoms with E-state index in [1.807, 2.05) is 4.72 Å². The van der Waals surface area contributed by atoms with Crippen molar-refractivity contribution in [1.82, 2.24) is 4.72 Å². The molecule has 0 fully saturated rings. The minimum absolute atomic E-state index is 0.0543. The number of carbonyl (C=O) groups excluding carboxylic acids is 1. The summed E-state index contributed by atoms with van der Waals surface area (Å²) in [7, 11) is -4.26. The fourth-order valence-corrected chi connectivity index (χ4v) is 2.99. The maximum absolute atomic E-state index is 13.7. The monoisotopic (exact) mass is 353 g/mol. The second-order valence-electron chi connectivity index (χ2n) is 4.40. The van der Waals surface area contributed by atoms with Crippen molar-refractivity contribution in [2.24, 2.45) is 5.73 Å². The van der Waals surface area contributed by atoms with Gasteiger partial charge in [-0.05, 0) is 41.9 Å². The third-order valence-corrected chi connectivity index (χ3v) is 4.70. The van der Waals surface area contributed by atoms with Crippen LogP contribution < -0.4 is 16.2 Å². The average molecular weight is 354 g/mol. The fraction of sp³-hybridized carbons (Fsp3) is 0.300.